The van der Waals surface area contributed by atoms with Crippen LogP contribution in [0, 0.1) is 12.7 Å². The van der Waals surface area contributed by atoms with E-state index in [1.54, 1.807) is 11.3 Å². The molecule has 0 atom stereocenters. The topological polar surface area (TPSA) is 43.8 Å². The highest BCUT2D eigenvalue weighted by molar-refractivity contribution is 7.09. The lowest BCUT2D eigenvalue weighted by atomic mass is 10.2. The zero-order valence-corrected chi connectivity index (χ0v) is 14.8. The number of anilines is 1. The molecule has 7 heteroatoms. The van der Waals surface area contributed by atoms with Gasteiger partial charge < -0.3 is 15.1 Å². The Kier molecular flexibility index (Phi) is 5.30. The predicted octanol–water partition coefficient (Wildman–Crippen LogP) is 2.49. The van der Waals surface area contributed by atoms with Crippen LogP contribution in [0.15, 0.2) is 34.8 Å². The molecular weight excluding hydrogens is 325 g/mol. The van der Waals surface area contributed by atoms with Gasteiger partial charge in [0.25, 0.3) is 0 Å². The van der Waals surface area contributed by atoms with Crippen LogP contribution >= 0.6 is 11.3 Å². The number of aromatic nitrogens is 1. The number of hydrogen-bond donors (Lipinski definition) is 1. The number of thiazole rings is 1. The highest BCUT2D eigenvalue weighted by Gasteiger charge is 2.20. The largest absolute Gasteiger partial charge is 0.368 e. The first kappa shape index (κ1) is 16.7. The number of halogens is 1. The molecule has 128 valence electrons. The summed E-state index contributed by atoms with van der Waals surface area (Å²) in [5.74, 6) is 0.724. The number of piperazine rings is 1. The molecule has 1 aromatic heterocycles. The van der Waals surface area contributed by atoms with Gasteiger partial charge in [0.1, 0.15) is 5.82 Å². The average molecular weight is 347 g/mol. The molecule has 1 aliphatic heterocycles. The van der Waals surface area contributed by atoms with Gasteiger partial charge in [-0.05, 0) is 31.2 Å². The van der Waals surface area contributed by atoms with Crippen LogP contribution in [0.5, 0.6) is 0 Å². The first-order chi connectivity index (χ1) is 11.7. The van der Waals surface area contributed by atoms with Crippen molar-refractivity contribution in [2.45, 2.75) is 13.5 Å². The second-order valence-electron chi connectivity index (χ2n) is 5.71. The van der Waals surface area contributed by atoms with Crippen molar-refractivity contribution in [3.05, 3.63) is 46.2 Å². The molecule has 2 heterocycles. The third-order valence-corrected chi connectivity index (χ3v) is 5.17. The minimum Gasteiger partial charge on any atom is -0.368 e. The van der Waals surface area contributed by atoms with E-state index in [1.165, 1.54) is 17.0 Å². The van der Waals surface area contributed by atoms with E-state index in [1.807, 2.05) is 31.6 Å². The van der Waals surface area contributed by atoms with Crippen LogP contribution in [0.3, 0.4) is 0 Å². The molecule has 0 bridgehead atoms. The molecule has 0 saturated carbocycles. The van der Waals surface area contributed by atoms with Gasteiger partial charge in [-0.3, -0.25) is 4.99 Å². The molecule has 0 amide bonds. The van der Waals surface area contributed by atoms with Gasteiger partial charge >= 0.3 is 0 Å². The average Bonchev–Trinajstić information content (AvgIpc) is 3.02. The molecule has 24 heavy (non-hydrogen) atoms. The lowest BCUT2D eigenvalue weighted by Crippen LogP contribution is -2.52. The Morgan fingerprint density at radius 1 is 1.25 bits per heavy atom. The van der Waals surface area contributed by atoms with E-state index in [2.05, 4.69) is 25.1 Å². The van der Waals surface area contributed by atoms with Crippen molar-refractivity contribution in [2.24, 2.45) is 4.99 Å². The maximum absolute atomic E-state index is 13.0. The normalized spacial score (nSPS) is 15.7. The highest BCUT2D eigenvalue weighted by atomic mass is 32.1. The fourth-order valence-corrected chi connectivity index (χ4v) is 3.53. The molecule has 1 aromatic carbocycles. The van der Waals surface area contributed by atoms with Gasteiger partial charge in [-0.15, -0.1) is 11.3 Å². The summed E-state index contributed by atoms with van der Waals surface area (Å²) < 4.78 is 13.0. The van der Waals surface area contributed by atoms with Gasteiger partial charge in [-0.2, -0.15) is 0 Å². The minimum atomic E-state index is -0.194. The van der Waals surface area contributed by atoms with Gasteiger partial charge in [0, 0.05) is 43.8 Å². The summed E-state index contributed by atoms with van der Waals surface area (Å²) in [6.07, 6.45) is 0. The van der Waals surface area contributed by atoms with Crippen molar-refractivity contribution < 1.29 is 4.39 Å². The molecule has 0 aliphatic carbocycles. The standard InChI is InChI=1S/C17H22FN5S/c1-13-16(24-12-21-13)11-20-17(19-2)23-9-7-22(8-10-23)15-5-3-14(18)4-6-15/h3-6,12H,7-11H2,1-2H3,(H,19,20). The smallest absolute Gasteiger partial charge is 0.194 e. The van der Waals surface area contributed by atoms with Crippen LogP contribution < -0.4 is 10.2 Å². The Hall–Kier alpha value is -2.15. The summed E-state index contributed by atoms with van der Waals surface area (Å²) in [5.41, 5.74) is 4.01. The third-order valence-electron chi connectivity index (χ3n) is 4.23. The van der Waals surface area contributed by atoms with Crippen LogP contribution in [0.2, 0.25) is 0 Å². The zero-order valence-electron chi connectivity index (χ0n) is 14.0. The van der Waals surface area contributed by atoms with Crippen molar-refractivity contribution in [3.63, 3.8) is 0 Å². The first-order valence-corrected chi connectivity index (χ1v) is 8.90. The lowest BCUT2D eigenvalue weighted by Gasteiger charge is -2.37. The monoisotopic (exact) mass is 347 g/mol. The lowest BCUT2D eigenvalue weighted by molar-refractivity contribution is 0.372. The first-order valence-electron chi connectivity index (χ1n) is 8.02. The fourth-order valence-electron chi connectivity index (χ4n) is 2.82. The third kappa shape index (κ3) is 3.84. The van der Waals surface area contributed by atoms with Crippen molar-refractivity contribution in [3.8, 4) is 0 Å². The Morgan fingerprint density at radius 2 is 1.96 bits per heavy atom. The number of guanidine groups is 1. The quantitative estimate of drug-likeness (QED) is 0.684. The van der Waals surface area contributed by atoms with Gasteiger partial charge in [-0.1, -0.05) is 0 Å². The van der Waals surface area contributed by atoms with Crippen LogP contribution in [-0.4, -0.2) is 49.1 Å². The number of nitrogens with zero attached hydrogens (tertiary/aromatic N) is 4. The predicted molar refractivity (Wildman–Crippen MR) is 97.2 cm³/mol. The van der Waals surface area contributed by atoms with E-state index in [4.69, 9.17) is 0 Å². The number of rotatable bonds is 3. The molecule has 1 aliphatic rings. The molecule has 0 radical (unpaired) electrons. The van der Waals surface area contributed by atoms with Crippen LogP contribution in [0.25, 0.3) is 0 Å². The summed E-state index contributed by atoms with van der Waals surface area (Å²) in [5, 5.41) is 3.42. The van der Waals surface area contributed by atoms with E-state index in [0.717, 1.165) is 50.1 Å². The number of hydrogen-bond acceptors (Lipinski definition) is 4. The van der Waals surface area contributed by atoms with Crippen LogP contribution in [0.1, 0.15) is 10.6 Å². The van der Waals surface area contributed by atoms with E-state index in [0.29, 0.717) is 0 Å². The molecule has 5 nitrogen and oxygen atoms in total. The Morgan fingerprint density at radius 3 is 2.54 bits per heavy atom. The molecule has 2 aromatic rings. The summed E-state index contributed by atoms with van der Waals surface area (Å²) in [4.78, 5) is 14.4. The number of nitrogens with one attached hydrogen (secondary N) is 1. The van der Waals surface area contributed by atoms with Crippen molar-refractivity contribution in [1.29, 1.82) is 0 Å². The molecule has 1 N–H and O–H groups in total. The number of benzene rings is 1. The van der Waals surface area contributed by atoms with E-state index in [9.17, 15) is 4.39 Å². The van der Waals surface area contributed by atoms with E-state index < -0.39 is 0 Å². The Balaban J connectivity index is 1.54. The van der Waals surface area contributed by atoms with Gasteiger partial charge in [0.15, 0.2) is 5.96 Å². The van der Waals surface area contributed by atoms with Gasteiger partial charge in [0.2, 0.25) is 0 Å². The van der Waals surface area contributed by atoms with Crippen molar-refractivity contribution in [2.75, 3.05) is 38.1 Å². The Labute approximate surface area is 145 Å². The van der Waals surface area contributed by atoms with E-state index in [-0.39, 0.29) is 5.82 Å². The molecule has 0 unspecified atom stereocenters. The summed E-state index contributed by atoms with van der Waals surface area (Å²) in [6.45, 7) is 6.34. The summed E-state index contributed by atoms with van der Waals surface area (Å²) in [7, 11) is 1.81. The van der Waals surface area contributed by atoms with E-state index >= 15 is 0 Å². The van der Waals surface area contributed by atoms with Crippen LogP contribution in [-0.2, 0) is 6.54 Å². The highest BCUT2D eigenvalue weighted by Crippen LogP contribution is 2.17. The van der Waals surface area contributed by atoms with Gasteiger partial charge in [-0.25, -0.2) is 9.37 Å². The fraction of sp³-hybridized carbons (Fsp3) is 0.412. The molecular formula is C17H22FN5S. The minimum absolute atomic E-state index is 0.194. The Bertz CT molecular complexity index is 689. The summed E-state index contributed by atoms with van der Waals surface area (Å²) in [6, 6.07) is 6.70. The maximum atomic E-state index is 13.0. The molecule has 1 fully saturated rings. The molecule has 3 rings (SSSR count). The van der Waals surface area contributed by atoms with Gasteiger partial charge in [0.05, 0.1) is 17.7 Å². The van der Waals surface area contributed by atoms with Crippen molar-refractivity contribution in [1.82, 2.24) is 15.2 Å². The SMILES string of the molecule is CN=C(NCc1scnc1C)N1CCN(c2ccc(F)cc2)CC1. The maximum Gasteiger partial charge on any atom is 0.194 e. The second kappa shape index (κ2) is 7.61. The van der Waals surface area contributed by atoms with Crippen LogP contribution in [0.4, 0.5) is 10.1 Å². The summed E-state index contributed by atoms with van der Waals surface area (Å²) >= 11 is 1.66. The second-order valence-corrected chi connectivity index (χ2v) is 6.65. The number of aryl methyl sites for hydroxylation is 1. The molecule has 0 spiro atoms. The van der Waals surface area contributed by atoms with Crippen molar-refractivity contribution >= 4 is 23.0 Å². The number of aliphatic imine (C=N–C) groups is 1. The zero-order chi connectivity index (χ0) is 16.9. The molecule has 1 saturated heterocycles.